The second kappa shape index (κ2) is 8.80. The van der Waals surface area contributed by atoms with Gasteiger partial charge in [-0.2, -0.15) is 0 Å². The van der Waals surface area contributed by atoms with E-state index in [2.05, 4.69) is 0 Å². The molecule has 142 valence electrons. The van der Waals surface area contributed by atoms with Crippen LogP contribution in [-0.2, 0) is 22.6 Å². The minimum atomic E-state index is -0.283. The zero-order valence-corrected chi connectivity index (χ0v) is 15.6. The van der Waals surface area contributed by atoms with Crippen LogP contribution in [0.4, 0.5) is 4.39 Å². The lowest BCUT2D eigenvalue weighted by molar-refractivity contribution is -0.136. The second-order valence-electron chi connectivity index (χ2n) is 6.96. The van der Waals surface area contributed by atoms with Crippen molar-refractivity contribution in [3.63, 3.8) is 0 Å². The van der Waals surface area contributed by atoms with Crippen molar-refractivity contribution in [3.8, 4) is 0 Å². The maximum absolute atomic E-state index is 13.0. The average Bonchev–Trinajstić information content (AvgIpc) is 3.06. The van der Waals surface area contributed by atoms with Gasteiger partial charge in [-0.1, -0.05) is 42.5 Å². The molecule has 2 aromatic rings. The minimum Gasteiger partial charge on any atom is -0.342 e. The van der Waals surface area contributed by atoms with Crippen LogP contribution in [0.3, 0.4) is 0 Å². The molecule has 27 heavy (non-hydrogen) atoms. The van der Waals surface area contributed by atoms with E-state index >= 15 is 0 Å². The van der Waals surface area contributed by atoms with Crippen LogP contribution in [0, 0.1) is 11.7 Å². The highest BCUT2D eigenvalue weighted by molar-refractivity contribution is 5.89. The van der Waals surface area contributed by atoms with Crippen LogP contribution in [0.2, 0.25) is 0 Å². The van der Waals surface area contributed by atoms with Gasteiger partial charge in [-0.15, -0.1) is 0 Å². The minimum absolute atomic E-state index is 0.0197. The molecule has 1 aliphatic rings. The molecule has 2 aromatic carbocycles. The molecule has 0 spiro atoms. The number of amides is 2. The first-order valence-corrected chi connectivity index (χ1v) is 9.41. The van der Waals surface area contributed by atoms with Crippen molar-refractivity contribution in [3.05, 3.63) is 71.5 Å². The van der Waals surface area contributed by atoms with E-state index in [4.69, 9.17) is 0 Å². The molecule has 0 radical (unpaired) electrons. The number of benzene rings is 2. The SMILES string of the molecule is CCN(Cc1ccccc1)C(=O)[C@H]1CC(=O)N(CCc2ccc(F)cc2)C1. The number of hydrogen-bond donors (Lipinski definition) is 0. The third-order valence-corrected chi connectivity index (χ3v) is 5.06. The van der Waals surface area contributed by atoms with Gasteiger partial charge >= 0.3 is 0 Å². The zero-order chi connectivity index (χ0) is 19.2. The molecule has 0 unspecified atom stereocenters. The summed E-state index contributed by atoms with van der Waals surface area (Å²) in [4.78, 5) is 28.8. The summed E-state index contributed by atoms with van der Waals surface area (Å²) < 4.78 is 13.0. The van der Waals surface area contributed by atoms with Gasteiger partial charge in [-0.25, -0.2) is 4.39 Å². The van der Waals surface area contributed by atoms with Gasteiger partial charge in [0.2, 0.25) is 11.8 Å². The highest BCUT2D eigenvalue weighted by Gasteiger charge is 2.35. The number of hydrogen-bond acceptors (Lipinski definition) is 2. The summed E-state index contributed by atoms with van der Waals surface area (Å²) in [5.74, 6) is -0.487. The Hall–Kier alpha value is -2.69. The van der Waals surface area contributed by atoms with Crippen LogP contribution in [0.15, 0.2) is 54.6 Å². The first-order valence-electron chi connectivity index (χ1n) is 9.41. The summed E-state index contributed by atoms with van der Waals surface area (Å²) >= 11 is 0. The van der Waals surface area contributed by atoms with E-state index in [-0.39, 0.29) is 30.0 Å². The fourth-order valence-electron chi connectivity index (χ4n) is 3.48. The van der Waals surface area contributed by atoms with Gasteiger partial charge in [0, 0.05) is 32.6 Å². The average molecular weight is 368 g/mol. The predicted octanol–water partition coefficient (Wildman–Crippen LogP) is 3.27. The lowest BCUT2D eigenvalue weighted by Crippen LogP contribution is -2.37. The molecule has 1 fully saturated rings. The van der Waals surface area contributed by atoms with Crippen molar-refractivity contribution in [2.24, 2.45) is 5.92 Å². The van der Waals surface area contributed by atoms with Gasteiger partial charge in [0.1, 0.15) is 5.82 Å². The molecule has 1 aliphatic heterocycles. The van der Waals surface area contributed by atoms with E-state index < -0.39 is 0 Å². The number of rotatable bonds is 7. The van der Waals surface area contributed by atoms with Crippen LogP contribution >= 0.6 is 0 Å². The number of carbonyl (C=O) groups is 2. The standard InChI is InChI=1S/C22H25FN2O2/c1-2-24(15-18-6-4-3-5-7-18)22(27)19-14-21(26)25(16-19)13-12-17-8-10-20(23)11-9-17/h3-11,19H,2,12-16H2,1H3/t19-/m0/s1. The first kappa shape index (κ1) is 19.1. The largest absolute Gasteiger partial charge is 0.342 e. The van der Waals surface area contributed by atoms with Gasteiger partial charge < -0.3 is 9.80 Å². The van der Waals surface area contributed by atoms with Crippen molar-refractivity contribution in [1.82, 2.24) is 9.80 Å². The van der Waals surface area contributed by atoms with E-state index in [1.165, 1.54) is 12.1 Å². The van der Waals surface area contributed by atoms with Crippen molar-refractivity contribution in [2.45, 2.75) is 26.3 Å². The second-order valence-corrected chi connectivity index (χ2v) is 6.96. The molecule has 4 nitrogen and oxygen atoms in total. The van der Waals surface area contributed by atoms with Crippen LogP contribution in [0.5, 0.6) is 0 Å². The number of nitrogens with zero attached hydrogens (tertiary/aromatic N) is 2. The molecule has 1 heterocycles. The van der Waals surface area contributed by atoms with Gasteiger partial charge in [-0.05, 0) is 36.6 Å². The Morgan fingerprint density at radius 1 is 1.11 bits per heavy atom. The Balaban J connectivity index is 1.56. The molecule has 0 bridgehead atoms. The molecule has 1 saturated heterocycles. The molecular weight excluding hydrogens is 343 g/mol. The van der Waals surface area contributed by atoms with Crippen LogP contribution in [-0.4, -0.2) is 41.2 Å². The third kappa shape index (κ3) is 4.94. The number of carbonyl (C=O) groups excluding carboxylic acids is 2. The Kier molecular flexibility index (Phi) is 6.22. The Labute approximate surface area is 159 Å². The summed E-state index contributed by atoms with van der Waals surface area (Å²) in [7, 11) is 0. The van der Waals surface area contributed by atoms with Gasteiger partial charge in [0.05, 0.1) is 5.92 Å². The molecule has 0 saturated carbocycles. The monoisotopic (exact) mass is 368 g/mol. The first-order chi connectivity index (χ1) is 13.1. The highest BCUT2D eigenvalue weighted by Crippen LogP contribution is 2.21. The van der Waals surface area contributed by atoms with Gasteiger partial charge in [0.25, 0.3) is 0 Å². The molecule has 1 atom stereocenters. The van der Waals surface area contributed by atoms with E-state index in [9.17, 15) is 14.0 Å². The number of halogens is 1. The van der Waals surface area contributed by atoms with Crippen molar-refractivity contribution in [2.75, 3.05) is 19.6 Å². The molecule has 3 rings (SSSR count). The molecule has 0 N–H and O–H groups in total. The van der Waals surface area contributed by atoms with E-state index in [1.807, 2.05) is 42.2 Å². The maximum Gasteiger partial charge on any atom is 0.228 e. The van der Waals surface area contributed by atoms with Crippen LogP contribution < -0.4 is 0 Å². The van der Waals surface area contributed by atoms with Crippen molar-refractivity contribution in [1.29, 1.82) is 0 Å². The molecular formula is C22H25FN2O2. The van der Waals surface area contributed by atoms with Crippen LogP contribution in [0.1, 0.15) is 24.5 Å². The third-order valence-electron chi connectivity index (χ3n) is 5.06. The lowest BCUT2D eigenvalue weighted by Gasteiger charge is -2.24. The van der Waals surface area contributed by atoms with Crippen LogP contribution in [0.25, 0.3) is 0 Å². The predicted molar refractivity (Wildman–Crippen MR) is 102 cm³/mol. The molecule has 0 aromatic heterocycles. The van der Waals surface area contributed by atoms with Crippen molar-refractivity contribution >= 4 is 11.8 Å². The molecule has 2 amide bonds. The van der Waals surface area contributed by atoms with E-state index in [1.54, 1.807) is 17.0 Å². The Morgan fingerprint density at radius 3 is 2.48 bits per heavy atom. The summed E-state index contributed by atoms with van der Waals surface area (Å²) in [6.07, 6.45) is 0.933. The highest BCUT2D eigenvalue weighted by atomic mass is 19.1. The molecule has 5 heteroatoms. The van der Waals surface area contributed by atoms with Crippen molar-refractivity contribution < 1.29 is 14.0 Å². The lowest BCUT2D eigenvalue weighted by atomic mass is 10.1. The summed E-state index contributed by atoms with van der Waals surface area (Å²) in [5.41, 5.74) is 2.07. The Morgan fingerprint density at radius 2 is 1.81 bits per heavy atom. The molecule has 0 aliphatic carbocycles. The fourth-order valence-corrected chi connectivity index (χ4v) is 3.48. The summed E-state index contributed by atoms with van der Waals surface area (Å²) in [5, 5.41) is 0. The van der Waals surface area contributed by atoms with Gasteiger partial charge in [-0.3, -0.25) is 9.59 Å². The number of likely N-dealkylation sites (tertiary alicyclic amines) is 1. The summed E-state index contributed by atoms with van der Waals surface area (Å²) in [6, 6.07) is 16.2. The van der Waals surface area contributed by atoms with E-state index in [0.717, 1.165) is 11.1 Å². The zero-order valence-electron chi connectivity index (χ0n) is 15.6. The topological polar surface area (TPSA) is 40.6 Å². The Bertz CT molecular complexity index is 777. The van der Waals surface area contributed by atoms with E-state index in [0.29, 0.717) is 32.6 Å². The smallest absolute Gasteiger partial charge is 0.228 e. The maximum atomic E-state index is 13.0. The summed E-state index contributed by atoms with van der Waals surface area (Å²) in [6.45, 7) is 4.16. The quantitative estimate of drug-likeness (QED) is 0.753. The fraction of sp³-hybridized carbons (Fsp3) is 0.364. The van der Waals surface area contributed by atoms with Gasteiger partial charge in [0.15, 0.2) is 0 Å². The normalized spacial score (nSPS) is 16.6.